The Balaban J connectivity index is 2.22. The molecule has 0 spiro atoms. The minimum atomic E-state index is -0.510. The molecular weight excluding hydrogens is 336 g/mol. The van der Waals surface area contributed by atoms with Crippen LogP contribution in [0.5, 0.6) is 0 Å². The SMILES string of the molecule is COC(=O)CN(Cc1ccc(Cl)cc1)C(=O)c1cc(C#N)cs1. The minimum Gasteiger partial charge on any atom is -0.468 e. The van der Waals surface area contributed by atoms with Gasteiger partial charge in [-0.05, 0) is 23.8 Å². The van der Waals surface area contributed by atoms with E-state index in [0.29, 0.717) is 15.5 Å². The van der Waals surface area contributed by atoms with Crippen molar-refractivity contribution in [3.8, 4) is 6.07 Å². The van der Waals surface area contributed by atoms with Gasteiger partial charge in [-0.2, -0.15) is 5.26 Å². The van der Waals surface area contributed by atoms with Crippen molar-refractivity contribution in [1.29, 1.82) is 5.26 Å². The van der Waals surface area contributed by atoms with Crippen LogP contribution in [0.4, 0.5) is 0 Å². The van der Waals surface area contributed by atoms with Crippen molar-refractivity contribution in [2.24, 2.45) is 0 Å². The second kappa shape index (κ2) is 7.77. The summed E-state index contributed by atoms with van der Waals surface area (Å²) in [7, 11) is 1.27. The molecule has 1 aromatic heterocycles. The van der Waals surface area contributed by atoms with Crippen LogP contribution in [0.1, 0.15) is 20.8 Å². The van der Waals surface area contributed by atoms with E-state index >= 15 is 0 Å². The minimum absolute atomic E-state index is 0.169. The van der Waals surface area contributed by atoms with Gasteiger partial charge in [0.15, 0.2) is 0 Å². The van der Waals surface area contributed by atoms with Gasteiger partial charge in [0.2, 0.25) is 0 Å². The van der Waals surface area contributed by atoms with Crippen molar-refractivity contribution in [2.75, 3.05) is 13.7 Å². The molecule has 1 heterocycles. The van der Waals surface area contributed by atoms with Gasteiger partial charge in [-0.3, -0.25) is 9.59 Å². The van der Waals surface area contributed by atoms with Crippen molar-refractivity contribution in [3.05, 3.63) is 56.7 Å². The van der Waals surface area contributed by atoms with Crippen LogP contribution in [0, 0.1) is 11.3 Å². The lowest BCUT2D eigenvalue weighted by Gasteiger charge is -2.21. The second-order valence-corrected chi connectivity index (χ2v) is 6.02. The van der Waals surface area contributed by atoms with Crippen molar-refractivity contribution in [3.63, 3.8) is 0 Å². The molecule has 0 radical (unpaired) electrons. The first-order chi connectivity index (χ1) is 11.0. The summed E-state index contributed by atoms with van der Waals surface area (Å²) >= 11 is 7.02. The Morgan fingerprint density at radius 2 is 2.04 bits per heavy atom. The summed E-state index contributed by atoms with van der Waals surface area (Å²) in [6, 6.07) is 10.5. The molecule has 1 amide bonds. The fourth-order valence-electron chi connectivity index (χ4n) is 1.89. The van der Waals surface area contributed by atoms with E-state index in [2.05, 4.69) is 4.74 Å². The normalized spacial score (nSPS) is 9.96. The molecule has 2 rings (SSSR count). The van der Waals surface area contributed by atoms with Crippen LogP contribution in [-0.4, -0.2) is 30.4 Å². The molecule has 0 fully saturated rings. The molecule has 0 saturated heterocycles. The first-order valence-electron chi connectivity index (χ1n) is 6.62. The van der Waals surface area contributed by atoms with Gasteiger partial charge in [0.1, 0.15) is 12.6 Å². The highest BCUT2D eigenvalue weighted by Gasteiger charge is 2.21. The van der Waals surface area contributed by atoms with Gasteiger partial charge in [-0.1, -0.05) is 23.7 Å². The van der Waals surface area contributed by atoms with Gasteiger partial charge in [0.25, 0.3) is 5.91 Å². The molecule has 0 aliphatic rings. The van der Waals surface area contributed by atoms with Crippen LogP contribution in [0.15, 0.2) is 35.7 Å². The second-order valence-electron chi connectivity index (χ2n) is 4.68. The topological polar surface area (TPSA) is 70.4 Å². The highest BCUT2D eigenvalue weighted by molar-refractivity contribution is 7.12. The molecule has 0 atom stereocenters. The van der Waals surface area contributed by atoms with E-state index in [0.717, 1.165) is 5.56 Å². The average molecular weight is 349 g/mol. The van der Waals surface area contributed by atoms with Crippen LogP contribution < -0.4 is 0 Å². The molecule has 7 heteroatoms. The highest BCUT2D eigenvalue weighted by atomic mass is 35.5. The number of carbonyl (C=O) groups excluding carboxylic acids is 2. The van der Waals surface area contributed by atoms with Gasteiger partial charge in [-0.25, -0.2) is 0 Å². The number of hydrogen-bond acceptors (Lipinski definition) is 5. The standard InChI is InChI=1S/C16H13ClN2O3S/c1-22-15(20)9-19(8-11-2-4-13(17)5-3-11)16(21)14-6-12(7-18)10-23-14/h2-6,10H,8-9H2,1H3. The summed E-state index contributed by atoms with van der Waals surface area (Å²) in [4.78, 5) is 25.9. The smallest absolute Gasteiger partial charge is 0.325 e. The number of rotatable bonds is 5. The van der Waals surface area contributed by atoms with Crippen LogP contribution in [0.3, 0.4) is 0 Å². The Labute approximate surface area is 142 Å². The number of amides is 1. The number of hydrogen-bond donors (Lipinski definition) is 0. The molecule has 0 N–H and O–H groups in total. The molecule has 0 aliphatic carbocycles. The summed E-state index contributed by atoms with van der Waals surface area (Å²) in [6.07, 6.45) is 0. The summed E-state index contributed by atoms with van der Waals surface area (Å²) in [5.41, 5.74) is 1.26. The quantitative estimate of drug-likeness (QED) is 0.778. The van der Waals surface area contributed by atoms with Crippen LogP contribution in [0.2, 0.25) is 5.02 Å². The summed E-state index contributed by atoms with van der Waals surface area (Å²) in [6.45, 7) is 0.0721. The van der Waals surface area contributed by atoms with Gasteiger partial charge in [-0.15, -0.1) is 11.3 Å². The van der Waals surface area contributed by atoms with Crippen molar-refractivity contribution < 1.29 is 14.3 Å². The Kier molecular flexibility index (Phi) is 5.74. The van der Waals surface area contributed by atoms with Gasteiger partial charge in [0, 0.05) is 16.9 Å². The molecule has 0 aliphatic heterocycles. The van der Waals surface area contributed by atoms with Crippen molar-refractivity contribution in [1.82, 2.24) is 4.90 Å². The van der Waals surface area contributed by atoms with Gasteiger partial charge in [0.05, 0.1) is 17.6 Å². The lowest BCUT2D eigenvalue weighted by Crippen LogP contribution is -2.35. The number of thiophene rings is 1. The average Bonchev–Trinajstić information content (AvgIpc) is 3.04. The summed E-state index contributed by atoms with van der Waals surface area (Å²) < 4.78 is 4.65. The lowest BCUT2D eigenvalue weighted by molar-refractivity contribution is -0.141. The number of nitrogens with zero attached hydrogens (tertiary/aromatic N) is 2. The molecule has 2 aromatic rings. The zero-order valence-electron chi connectivity index (χ0n) is 12.3. The van der Waals surface area contributed by atoms with Crippen molar-refractivity contribution in [2.45, 2.75) is 6.54 Å². The number of halogens is 1. The maximum Gasteiger partial charge on any atom is 0.325 e. The molecule has 5 nitrogen and oxygen atoms in total. The molecule has 0 saturated carbocycles. The number of nitriles is 1. The van der Waals surface area contributed by atoms with E-state index in [1.54, 1.807) is 29.6 Å². The third kappa shape index (κ3) is 4.55. The van der Waals surface area contributed by atoms with Crippen LogP contribution >= 0.6 is 22.9 Å². The van der Waals surface area contributed by atoms with Gasteiger partial charge >= 0.3 is 5.97 Å². The van der Waals surface area contributed by atoms with E-state index in [1.165, 1.54) is 29.4 Å². The molecule has 118 valence electrons. The number of esters is 1. The van der Waals surface area contributed by atoms with E-state index in [4.69, 9.17) is 16.9 Å². The lowest BCUT2D eigenvalue weighted by atomic mass is 10.2. The number of benzene rings is 1. The Hall–Kier alpha value is -2.36. The predicted octanol–water partition coefficient (Wildman–Crippen LogP) is 3.09. The molecule has 23 heavy (non-hydrogen) atoms. The highest BCUT2D eigenvalue weighted by Crippen LogP contribution is 2.18. The van der Waals surface area contributed by atoms with Crippen LogP contribution in [-0.2, 0) is 16.1 Å². The van der Waals surface area contributed by atoms with Crippen LogP contribution in [0.25, 0.3) is 0 Å². The number of ether oxygens (including phenoxy) is 1. The third-order valence-corrected chi connectivity index (χ3v) is 4.23. The third-order valence-electron chi connectivity index (χ3n) is 3.06. The largest absolute Gasteiger partial charge is 0.468 e. The summed E-state index contributed by atoms with van der Waals surface area (Å²) in [5.74, 6) is -0.832. The first kappa shape index (κ1) is 17.0. The van der Waals surface area contributed by atoms with Gasteiger partial charge < -0.3 is 9.64 Å². The number of carbonyl (C=O) groups is 2. The van der Waals surface area contributed by atoms with E-state index in [1.807, 2.05) is 6.07 Å². The fraction of sp³-hybridized carbons (Fsp3) is 0.188. The van der Waals surface area contributed by atoms with E-state index in [9.17, 15) is 9.59 Å². The number of methoxy groups -OCH3 is 1. The Morgan fingerprint density at radius 3 is 2.61 bits per heavy atom. The fourth-order valence-corrected chi connectivity index (χ4v) is 2.82. The van der Waals surface area contributed by atoms with E-state index in [-0.39, 0.29) is 19.0 Å². The monoisotopic (exact) mass is 348 g/mol. The summed E-state index contributed by atoms with van der Waals surface area (Å²) in [5, 5.41) is 11.1. The zero-order chi connectivity index (χ0) is 16.8. The first-order valence-corrected chi connectivity index (χ1v) is 7.88. The molecule has 1 aromatic carbocycles. The Morgan fingerprint density at radius 1 is 1.35 bits per heavy atom. The zero-order valence-corrected chi connectivity index (χ0v) is 13.9. The maximum absolute atomic E-state index is 12.6. The van der Waals surface area contributed by atoms with E-state index < -0.39 is 5.97 Å². The van der Waals surface area contributed by atoms with Crippen molar-refractivity contribution >= 4 is 34.8 Å². The molecule has 0 unspecified atom stereocenters. The molecular formula is C16H13ClN2O3S. The predicted molar refractivity (Wildman–Crippen MR) is 87.2 cm³/mol. The molecule has 0 bridgehead atoms. The Bertz CT molecular complexity index is 749. The maximum atomic E-state index is 12.6.